The third-order valence-electron chi connectivity index (χ3n) is 13.4. The normalized spacial score (nSPS) is 15.5. The Hall–Kier alpha value is -2.22. The molecule has 2 fully saturated rings. The second-order valence-electron chi connectivity index (χ2n) is 17.8. The summed E-state index contributed by atoms with van der Waals surface area (Å²) >= 11 is -0.826. The van der Waals surface area contributed by atoms with Gasteiger partial charge in [-0.15, -0.1) is 69.1 Å². The molecule has 0 heterocycles. The SMILES string of the molecule is CCC(C)c1ccc(-c2cccc3[cH-]c(CC4CCCCC4)cc23)cc1.CCC(C)c1ccc(-c2cccc3[cH-]c(CC4CCCCC4)cc23)cc1.CCC[Si]C.[Cl][Zr+2][Cl]. The molecule has 0 amide bonds. The van der Waals surface area contributed by atoms with Crippen LogP contribution < -0.4 is 0 Å². The van der Waals surface area contributed by atoms with E-state index in [9.17, 15) is 0 Å². The van der Waals surface area contributed by atoms with Gasteiger partial charge in [0.25, 0.3) is 0 Å². The molecule has 0 spiro atoms. The minimum atomic E-state index is -0.826. The molecular formula is C56H72Cl2SiZr. The van der Waals surface area contributed by atoms with Gasteiger partial charge in [-0.25, -0.2) is 0 Å². The Bertz CT molecular complexity index is 1930. The maximum atomic E-state index is 4.93. The summed E-state index contributed by atoms with van der Waals surface area (Å²) in [5.74, 6) is 3.08. The standard InChI is InChI=1S/2C26H31.C4H10Si.2ClH.Zr/c2*1-3-19(2)22-12-14-23(15-13-22)25-11-7-10-24-17-21(18-26(24)25)16-20-8-5-4-6-9-20;1-3-4-5-2;;;/h2*7,10-15,17-20H,3-6,8-9,16H2,1-2H3;3-4H2,1-2H3;2*1H;/q2*-1;;;;+4/p-2. The molecule has 318 valence electrons. The van der Waals surface area contributed by atoms with E-state index >= 15 is 0 Å². The molecule has 0 nitrogen and oxygen atoms in total. The molecule has 2 aliphatic carbocycles. The van der Waals surface area contributed by atoms with Crippen LogP contribution in [0.2, 0.25) is 12.6 Å². The number of rotatable bonds is 12. The second kappa shape index (κ2) is 26.4. The maximum absolute atomic E-state index is 4.93. The molecule has 60 heavy (non-hydrogen) atoms. The van der Waals surface area contributed by atoms with Crippen molar-refractivity contribution in [2.75, 3.05) is 0 Å². The minimum absolute atomic E-state index is 0.640. The summed E-state index contributed by atoms with van der Waals surface area (Å²) < 4.78 is 0. The zero-order valence-electron chi connectivity index (χ0n) is 37.8. The topological polar surface area (TPSA) is 0 Å². The van der Waals surface area contributed by atoms with E-state index in [1.807, 2.05) is 0 Å². The van der Waals surface area contributed by atoms with Crippen molar-refractivity contribution in [2.24, 2.45) is 11.8 Å². The van der Waals surface area contributed by atoms with Crippen LogP contribution in [0.5, 0.6) is 0 Å². The van der Waals surface area contributed by atoms with Gasteiger partial charge in [0.05, 0.1) is 0 Å². The van der Waals surface area contributed by atoms with E-state index in [-0.39, 0.29) is 0 Å². The Labute approximate surface area is 386 Å². The summed E-state index contributed by atoms with van der Waals surface area (Å²) in [4.78, 5) is 0. The quantitative estimate of drug-likeness (QED) is 0.0847. The van der Waals surface area contributed by atoms with Crippen molar-refractivity contribution in [3.8, 4) is 22.3 Å². The first-order valence-electron chi connectivity index (χ1n) is 23.5. The van der Waals surface area contributed by atoms with Crippen molar-refractivity contribution in [1.82, 2.24) is 0 Å². The third kappa shape index (κ3) is 14.4. The van der Waals surface area contributed by atoms with Crippen molar-refractivity contribution >= 4 is 48.1 Å². The van der Waals surface area contributed by atoms with Gasteiger partial charge in [-0.3, -0.25) is 0 Å². The van der Waals surface area contributed by atoms with Crippen LogP contribution in [0, 0.1) is 11.8 Å². The molecule has 6 aromatic carbocycles. The number of benzene rings is 4. The Morgan fingerprint density at radius 2 is 0.967 bits per heavy atom. The molecule has 2 saturated carbocycles. The molecule has 0 saturated heterocycles. The fraction of sp³-hybridized carbons (Fsp3) is 0.464. The van der Waals surface area contributed by atoms with Gasteiger partial charge in [0.2, 0.25) is 0 Å². The number of halogens is 2. The molecule has 4 heteroatoms. The van der Waals surface area contributed by atoms with Gasteiger partial charge in [-0.2, -0.15) is 12.1 Å². The van der Waals surface area contributed by atoms with E-state index in [0.29, 0.717) is 11.8 Å². The molecule has 0 aliphatic heterocycles. The molecule has 2 radical (unpaired) electrons. The third-order valence-corrected chi connectivity index (χ3v) is 14.4. The van der Waals surface area contributed by atoms with E-state index in [1.165, 1.54) is 168 Å². The second-order valence-corrected chi connectivity index (χ2v) is 22.7. The Kier molecular flexibility index (Phi) is 21.5. The van der Waals surface area contributed by atoms with E-state index in [1.54, 1.807) is 0 Å². The molecule has 2 aliphatic rings. The van der Waals surface area contributed by atoms with Gasteiger partial charge < -0.3 is 0 Å². The summed E-state index contributed by atoms with van der Waals surface area (Å²) in [6.07, 6.45) is 20.6. The predicted molar refractivity (Wildman–Crippen MR) is 266 cm³/mol. The number of hydrogen-bond acceptors (Lipinski definition) is 0. The van der Waals surface area contributed by atoms with Crippen LogP contribution >= 0.6 is 17.0 Å². The van der Waals surface area contributed by atoms with Crippen molar-refractivity contribution in [3.05, 3.63) is 131 Å². The molecule has 2 unspecified atom stereocenters. The first-order valence-corrected chi connectivity index (χ1v) is 31.5. The van der Waals surface area contributed by atoms with Gasteiger partial charge in [-0.1, -0.05) is 190 Å². The van der Waals surface area contributed by atoms with Gasteiger partial charge in [-0.05, 0) is 71.6 Å². The number of hydrogen-bond donors (Lipinski definition) is 0. The van der Waals surface area contributed by atoms with Crippen molar-refractivity contribution in [3.63, 3.8) is 0 Å². The van der Waals surface area contributed by atoms with Gasteiger partial charge in [0, 0.05) is 9.52 Å². The summed E-state index contributed by atoms with van der Waals surface area (Å²) in [5, 5.41) is 5.66. The van der Waals surface area contributed by atoms with E-state index < -0.39 is 20.8 Å². The van der Waals surface area contributed by atoms with Crippen LogP contribution in [-0.2, 0) is 33.7 Å². The average Bonchev–Trinajstić information content (AvgIpc) is 3.91. The van der Waals surface area contributed by atoms with Crippen LogP contribution in [0.25, 0.3) is 43.8 Å². The Balaban J connectivity index is 0.000000193. The molecule has 0 aromatic heterocycles. The van der Waals surface area contributed by atoms with Gasteiger partial charge in [0.1, 0.15) is 0 Å². The van der Waals surface area contributed by atoms with E-state index in [2.05, 4.69) is 150 Å². The number of fused-ring (bicyclic) bond motifs is 2. The molecule has 2 atom stereocenters. The van der Waals surface area contributed by atoms with Gasteiger partial charge >= 0.3 is 37.9 Å². The Morgan fingerprint density at radius 1 is 0.583 bits per heavy atom. The monoisotopic (exact) mass is 932 g/mol. The van der Waals surface area contributed by atoms with E-state index in [0.717, 1.165) is 21.4 Å². The summed E-state index contributed by atoms with van der Waals surface area (Å²) in [6, 6.07) is 43.2. The van der Waals surface area contributed by atoms with Crippen molar-refractivity contribution in [1.29, 1.82) is 0 Å². The van der Waals surface area contributed by atoms with Crippen LogP contribution in [0.4, 0.5) is 0 Å². The molecule has 0 bridgehead atoms. The molecular weight excluding hydrogens is 863 g/mol. The fourth-order valence-electron chi connectivity index (χ4n) is 9.49. The fourth-order valence-corrected chi connectivity index (χ4v) is 9.99. The molecule has 8 rings (SSSR count). The molecule has 0 N–H and O–H groups in total. The average molecular weight is 935 g/mol. The van der Waals surface area contributed by atoms with Crippen molar-refractivity contribution < 1.29 is 20.8 Å². The van der Waals surface area contributed by atoms with Crippen LogP contribution in [-0.4, -0.2) is 9.52 Å². The molecule has 6 aromatic rings. The first-order chi connectivity index (χ1) is 29.3. The van der Waals surface area contributed by atoms with Gasteiger partial charge in [0.15, 0.2) is 0 Å². The summed E-state index contributed by atoms with van der Waals surface area (Å²) in [5.41, 5.74) is 11.4. The predicted octanol–water partition coefficient (Wildman–Crippen LogP) is 18.7. The van der Waals surface area contributed by atoms with Crippen LogP contribution in [0.15, 0.2) is 109 Å². The van der Waals surface area contributed by atoms with Crippen LogP contribution in [0.3, 0.4) is 0 Å². The van der Waals surface area contributed by atoms with Crippen molar-refractivity contribution in [2.45, 2.75) is 155 Å². The van der Waals surface area contributed by atoms with Crippen LogP contribution in [0.1, 0.15) is 152 Å². The zero-order valence-corrected chi connectivity index (χ0v) is 42.7. The summed E-state index contributed by atoms with van der Waals surface area (Å²) in [7, 11) is 11.0. The zero-order chi connectivity index (χ0) is 42.7. The van der Waals surface area contributed by atoms with E-state index in [4.69, 9.17) is 17.0 Å². The summed E-state index contributed by atoms with van der Waals surface area (Å²) in [6.45, 7) is 13.6. The Morgan fingerprint density at radius 3 is 1.28 bits per heavy atom. The first kappa shape index (κ1) is 48.8.